The van der Waals surface area contributed by atoms with Gasteiger partial charge in [-0.2, -0.15) is 13.2 Å². The number of carbonyl (C=O) groups excluding carboxylic acids is 1. The number of nitrogens with zero attached hydrogens (tertiary/aromatic N) is 1. The fourth-order valence-corrected chi connectivity index (χ4v) is 1.65. The van der Waals surface area contributed by atoms with Crippen molar-refractivity contribution in [1.82, 2.24) is 10.3 Å². The Kier molecular flexibility index (Phi) is 4.74. The number of halogens is 3. The number of amides is 1. The first-order valence-electron chi connectivity index (χ1n) is 5.75. The van der Waals surface area contributed by atoms with Gasteiger partial charge < -0.3 is 10.6 Å². The summed E-state index contributed by atoms with van der Waals surface area (Å²) in [5, 5.41) is 5.12. The maximum atomic E-state index is 12.2. The molecule has 19 heavy (non-hydrogen) atoms. The number of aromatic nitrogens is 1. The molecule has 0 aliphatic rings. The van der Waals surface area contributed by atoms with Crippen LogP contribution < -0.4 is 10.6 Å². The van der Waals surface area contributed by atoms with E-state index in [-0.39, 0.29) is 5.56 Å². The third-order valence-corrected chi connectivity index (χ3v) is 2.47. The lowest BCUT2D eigenvalue weighted by molar-refractivity contribution is -0.138. The van der Waals surface area contributed by atoms with Crippen LogP contribution in [-0.2, 0) is 0 Å². The molecule has 0 radical (unpaired) electrons. The maximum Gasteiger partial charge on any atom is 0.391 e. The molecule has 0 aliphatic heterocycles. The number of hydrogen-bond acceptors (Lipinski definition) is 3. The smallest absolute Gasteiger partial charge is 0.387 e. The second-order valence-corrected chi connectivity index (χ2v) is 4.32. The van der Waals surface area contributed by atoms with Gasteiger partial charge in [-0.25, -0.2) is 0 Å². The highest BCUT2D eigenvalue weighted by Crippen LogP contribution is 2.22. The molecule has 0 fully saturated rings. The minimum absolute atomic E-state index is 0.224. The molecule has 0 aliphatic carbocycles. The fourth-order valence-electron chi connectivity index (χ4n) is 1.65. The predicted molar refractivity (Wildman–Crippen MR) is 66.1 cm³/mol. The number of pyridine rings is 1. The average molecular weight is 275 g/mol. The van der Waals surface area contributed by atoms with E-state index in [0.717, 1.165) is 0 Å². The van der Waals surface area contributed by atoms with Gasteiger partial charge in [-0.3, -0.25) is 9.78 Å². The topological polar surface area (TPSA) is 54.0 Å². The Morgan fingerprint density at radius 1 is 1.47 bits per heavy atom. The molecule has 1 unspecified atom stereocenters. The predicted octanol–water partition coefficient (Wildman–Crippen LogP) is 2.50. The van der Waals surface area contributed by atoms with Gasteiger partial charge in [0, 0.05) is 25.0 Å². The van der Waals surface area contributed by atoms with Crippen LogP contribution in [0, 0.1) is 6.92 Å². The highest BCUT2D eigenvalue weighted by Gasteiger charge is 2.30. The van der Waals surface area contributed by atoms with Crippen molar-refractivity contribution in [3.63, 3.8) is 0 Å². The first kappa shape index (κ1) is 15.3. The number of carbonyl (C=O) groups is 1. The van der Waals surface area contributed by atoms with Gasteiger partial charge in [0.05, 0.1) is 17.7 Å². The Labute approximate surface area is 109 Å². The van der Waals surface area contributed by atoms with Gasteiger partial charge in [-0.15, -0.1) is 0 Å². The summed E-state index contributed by atoms with van der Waals surface area (Å²) in [7, 11) is 1.63. The van der Waals surface area contributed by atoms with E-state index in [9.17, 15) is 18.0 Å². The molecule has 1 amide bonds. The number of nitrogens with one attached hydrogen (secondary N) is 2. The van der Waals surface area contributed by atoms with Gasteiger partial charge in [0.15, 0.2) is 0 Å². The quantitative estimate of drug-likeness (QED) is 0.887. The molecule has 2 N–H and O–H groups in total. The van der Waals surface area contributed by atoms with E-state index in [1.807, 2.05) is 0 Å². The van der Waals surface area contributed by atoms with Crippen molar-refractivity contribution in [1.29, 1.82) is 0 Å². The molecule has 0 spiro atoms. The maximum absolute atomic E-state index is 12.2. The van der Waals surface area contributed by atoms with Crippen LogP contribution in [0.25, 0.3) is 0 Å². The molecular formula is C12H16F3N3O. The van der Waals surface area contributed by atoms with Crippen molar-refractivity contribution >= 4 is 11.6 Å². The number of rotatable bonds is 4. The van der Waals surface area contributed by atoms with Gasteiger partial charge in [0.25, 0.3) is 5.91 Å². The molecule has 1 rings (SSSR count). The molecule has 0 bridgehead atoms. The van der Waals surface area contributed by atoms with Crippen LogP contribution in [0.3, 0.4) is 0 Å². The number of hydrogen-bond donors (Lipinski definition) is 2. The van der Waals surface area contributed by atoms with Crippen LogP contribution in [0.1, 0.15) is 29.4 Å². The van der Waals surface area contributed by atoms with Crippen LogP contribution in [0.5, 0.6) is 0 Å². The van der Waals surface area contributed by atoms with Crippen molar-refractivity contribution in [2.24, 2.45) is 0 Å². The fraction of sp³-hybridized carbons (Fsp3) is 0.500. The minimum atomic E-state index is -4.30. The first-order chi connectivity index (χ1) is 8.73. The van der Waals surface area contributed by atoms with Gasteiger partial charge in [-0.05, 0) is 19.9 Å². The number of aryl methyl sites for hydroxylation is 1. The summed E-state index contributed by atoms with van der Waals surface area (Å²) in [6, 6.07) is 0.669. The Morgan fingerprint density at radius 2 is 2.11 bits per heavy atom. The van der Waals surface area contributed by atoms with E-state index in [4.69, 9.17) is 0 Å². The molecule has 0 saturated heterocycles. The van der Waals surface area contributed by atoms with Crippen molar-refractivity contribution < 1.29 is 18.0 Å². The van der Waals surface area contributed by atoms with Crippen LogP contribution >= 0.6 is 0 Å². The summed E-state index contributed by atoms with van der Waals surface area (Å²) >= 11 is 0. The Hall–Kier alpha value is -1.79. The minimum Gasteiger partial charge on any atom is -0.387 e. The molecule has 106 valence electrons. The lowest BCUT2D eigenvalue weighted by atomic mass is 10.1. The van der Waals surface area contributed by atoms with E-state index in [1.54, 1.807) is 20.0 Å². The molecule has 7 heteroatoms. The van der Waals surface area contributed by atoms with E-state index in [1.165, 1.54) is 13.1 Å². The van der Waals surface area contributed by atoms with Crippen molar-refractivity contribution in [3.8, 4) is 0 Å². The van der Waals surface area contributed by atoms with E-state index >= 15 is 0 Å². The van der Waals surface area contributed by atoms with Crippen molar-refractivity contribution in [3.05, 3.63) is 23.5 Å². The monoisotopic (exact) mass is 275 g/mol. The third kappa shape index (κ3) is 4.76. The van der Waals surface area contributed by atoms with Gasteiger partial charge in [-0.1, -0.05) is 0 Å². The molecule has 4 nitrogen and oxygen atoms in total. The second-order valence-electron chi connectivity index (χ2n) is 4.32. The van der Waals surface area contributed by atoms with Crippen molar-refractivity contribution in [2.75, 3.05) is 12.4 Å². The van der Waals surface area contributed by atoms with Crippen LogP contribution in [0.2, 0.25) is 0 Å². The van der Waals surface area contributed by atoms with E-state index in [0.29, 0.717) is 11.4 Å². The normalized spacial score (nSPS) is 12.9. The zero-order chi connectivity index (χ0) is 14.6. The Morgan fingerprint density at radius 3 is 2.63 bits per heavy atom. The van der Waals surface area contributed by atoms with Crippen LogP contribution in [0.4, 0.5) is 18.9 Å². The lowest BCUT2D eigenvalue weighted by Gasteiger charge is -2.17. The lowest BCUT2D eigenvalue weighted by Crippen LogP contribution is -2.36. The Balaban J connectivity index is 2.78. The summed E-state index contributed by atoms with van der Waals surface area (Å²) in [5.41, 5.74) is 1.47. The highest BCUT2D eigenvalue weighted by molar-refractivity contribution is 5.99. The summed E-state index contributed by atoms with van der Waals surface area (Å²) in [4.78, 5) is 15.8. The van der Waals surface area contributed by atoms with Gasteiger partial charge >= 0.3 is 6.18 Å². The standard InChI is InChI=1S/C12H16F3N3O/c1-7-4-10(16-3)9(6-17-7)11(19)18-8(2)5-12(13,14)15/h4,6,8H,5H2,1-3H3,(H,16,17)(H,18,19). The van der Waals surface area contributed by atoms with Crippen molar-refractivity contribution in [2.45, 2.75) is 32.5 Å². The second kappa shape index (κ2) is 5.90. The Bertz CT molecular complexity index is 460. The zero-order valence-corrected chi connectivity index (χ0v) is 10.9. The van der Waals surface area contributed by atoms with Crippen LogP contribution in [0.15, 0.2) is 12.3 Å². The molecule has 0 saturated carbocycles. The number of alkyl halides is 3. The largest absolute Gasteiger partial charge is 0.391 e. The molecule has 0 aromatic carbocycles. The molecule has 1 atom stereocenters. The van der Waals surface area contributed by atoms with E-state index in [2.05, 4.69) is 15.6 Å². The molecular weight excluding hydrogens is 259 g/mol. The van der Waals surface area contributed by atoms with E-state index < -0.39 is 24.5 Å². The highest BCUT2D eigenvalue weighted by atomic mass is 19.4. The van der Waals surface area contributed by atoms with Gasteiger partial charge in [0.2, 0.25) is 0 Å². The molecule has 1 aromatic heterocycles. The first-order valence-corrected chi connectivity index (χ1v) is 5.75. The molecule has 1 heterocycles. The zero-order valence-electron chi connectivity index (χ0n) is 10.9. The summed E-state index contributed by atoms with van der Waals surface area (Å²) < 4.78 is 36.5. The SMILES string of the molecule is CNc1cc(C)ncc1C(=O)NC(C)CC(F)(F)F. The van der Waals surface area contributed by atoms with Gasteiger partial charge in [0.1, 0.15) is 0 Å². The third-order valence-electron chi connectivity index (χ3n) is 2.47. The summed E-state index contributed by atoms with van der Waals surface area (Å²) in [5.74, 6) is -0.575. The number of anilines is 1. The average Bonchev–Trinajstić information content (AvgIpc) is 2.25. The summed E-state index contributed by atoms with van der Waals surface area (Å²) in [6.07, 6.45) is -4.02. The molecule has 1 aromatic rings. The summed E-state index contributed by atoms with van der Waals surface area (Å²) in [6.45, 7) is 3.07. The van der Waals surface area contributed by atoms with Crippen LogP contribution in [-0.4, -0.2) is 30.2 Å².